The molecule has 19 heavy (non-hydrogen) atoms. The van der Waals surface area contributed by atoms with Crippen LogP contribution in [0.2, 0.25) is 0 Å². The molecule has 0 spiro atoms. The van der Waals surface area contributed by atoms with Crippen LogP contribution in [0.3, 0.4) is 0 Å². The molecule has 3 nitrogen and oxygen atoms in total. The third-order valence-electron chi connectivity index (χ3n) is 3.48. The van der Waals surface area contributed by atoms with Gasteiger partial charge in [-0.2, -0.15) is 0 Å². The Labute approximate surface area is 115 Å². The SMILES string of the molecule is Cc1cc(C)c(-c2nc(C(C)C)c(CN)[nH]2)c(C)c1. The molecule has 1 heterocycles. The highest BCUT2D eigenvalue weighted by Gasteiger charge is 2.16. The molecule has 1 aromatic carbocycles. The van der Waals surface area contributed by atoms with Crippen LogP contribution in [-0.4, -0.2) is 9.97 Å². The van der Waals surface area contributed by atoms with E-state index in [0.717, 1.165) is 17.2 Å². The Morgan fingerprint density at radius 3 is 2.16 bits per heavy atom. The van der Waals surface area contributed by atoms with E-state index in [4.69, 9.17) is 10.7 Å². The number of rotatable bonds is 3. The summed E-state index contributed by atoms with van der Waals surface area (Å²) in [6.07, 6.45) is 0. The second kappa shape index (κ2) is 5.17. The molecule has 0 amide bonds. The number of hydrogen-bond acceptors (Lipinski definition) is 2. The van der Waals surface area contributed by atoms with E-state index >= 15 is 0 Å². The van der Waals surface area contributed by atoms with E-state index in [9.17, 15) is 0 Å². The van der Waals surface area contributed by atoms with Crippen LogP contribution in [0.25, 0.3) is 11.4 Å². The number of imidazole rings is 1. The first-order valence-electron chi connectivity index (χ1n) is 6.81. The van der Waals surface area contributed by atoms with Crippen molar-refractivity contribution in [3.05, 3.63) is 40.2 Å². The summed E-state index contributed by atoms with van der Waals surface area (Å²) in [6, 6.07) is 4.39. The number of nitrogens with two attached hydrogens (primary N) is 1. The van der Waals surface area contributed by atoms with E-state index in [-0.39, 0.29) is 0 Å². The van der Waals surface area contributed by atoms with Gasteiger partial charge in [0.1, 0.15) is 5.82 Å². The maximum Gasteiger partial charge on any atom is 0.138 e. The van der Waals surface area contributed by atoms with E-state index in [2.05, 4.69) is 51.7 Å². The van der Waals surface area contributed by atoms with E-state index in [1.54, 1.807) is 0 Å². The standard InChI is InChI=1S/C16H23N3/c1-9(2)15-13(8-17)18-16(19-15)14-11(4)6-10(3)7-12(14)5/h6-7,9H,8,17H2,1-5H3,(H,18,19). The van der Waals surface area contributed by atoms with Crippen LogP contribution in [0.1, 0.15) is 47.8 Å². The van der Waals surface area contributed by atoms with Gasteiger partial charge in [0.2, 0.25) is 0 Å². The lowest BCUT2D eigenvalue weighted by molar-refractivity contribution is 0.806. The van der Waals surface area contributed by atoms with Crippen molar-refractivity contribution in [1.82, 2.24) is 9.97 Å². The highest BCUT2D eigenvalue weighted by molar-refractivity contribution is 5.66. The van der Waals surface area contributed by atoms with Crippen LogP contribution in [-0.2, 0) is 6.54 Å². The Hall–Kier alpha value is -1.61. The molecule has 3 N–H and O–H groups in total. The summed E-state index contributed by atoms with van der Waals surface area (Å²) < 4.78 is 0. The second-order valence-corrected chi connectivity index (χ2v) is 5.58. The van der Waals surface area contributed by atoms with E-state index in [0.29, 0.717) is 12.5 Å². The van der Waals surface area contributed by atoms with Crippen LogP contribution >= 0.6 is 0 Å². The number of benzene rings is 1. The minimum absolute atomic E-state index is 0.384. The monoisotopic (exact) mass is 257 g/mol. The zero-order valence-corrected chi connectivity index (χ0v) is 12.5. The maximum absolute atomic E-state index is 5.81. The minimum atomic E-state index is 0.384. The van der Waals surface area contributed by atoms with E-state index < -0.39 is 0 Å². The average molecular weight is 257 g/mol. The first-order chi connectivity index (χ1) is 8.93. The molecule has 3 heteroatoms. The fourth-order valence-corrected chi connectivity index (χ4v) is 2.73. The summed E-state index contributed by atoms with van der Waals surface area (Å²) in [6.45, 7) is 11.2. The third kappa shape index (κ3) is 2.56. The quantitative estimate of drug-likeness (QED) is 0.883. The van der Waals surface area contributed by atoms with Gasteiger partial charge < -0.3 is 10.7 Å². The lowest BCUT2D eigenvalue weighted by Gasteiger charge is -2.08. The molecule has 2 aromatic rings. The van der Waals surface area contributed by atoms with Gasteiger partial charge >= 0.3 is 0 Å². The molecule has 0 unspecified atom stereocenters. The van der Waals surface area contributed by atoms with E-state index in [1.165, 1.54) is 22.3 Å². The summed E-state index contributed by atoms with van der Waals surface area (Å²) >= 11 is 0. The lowest BCUT2D eigenvalue weighted by Crippen LogP contribution is -2.02. The Bertz CT molecular complexity index is 571. The van der Waals surface area contributed by atoms with Crippen LogP contribution in [0.4, 0.5) is 0 Å². The van der Waals surface area contributed by atoms with Crippen molar-refractivity contribution >= 4 is 0 Å². The maximum atomic E-state index is 5.81. The summed E-state index contributed by atoms with van der Waals surface area (Å²) in [7, 11) is 0. The number of aromatic nitrogens is 2. The van der Waals surface area contributed by atoms with Gasteiger partial charge in [-0.1, -0.05) is 31.5 Å². The van der Waals surface area contributed by atoms with Crippen molar-refractivity contribution in [2.75, 3.05) is 0 Å². The molecule has 0 aliphatic rings. The molecule has 0 fully saturated rings. The van der Waals surface area contributed by atoms with Gasteiger partial charge in [-0.3, -0.25) is 0 Å². The van der Waals surface area contributed by atoms with Gasteiger partial charge in [0.25, 0.3) is 0 Å². The van der Waals surface area contributed by atoms with Gasteiger partial charge in [0.05, 0.1) is 11.4 Å². The smallest absolute Gasteiger partial charge is 0.138 e. The molecule has 0 saturated heterocycles. The van der Waals surface area contributed by atoms with Crippen molar-refractivity contribution in [3.63, 3.8) is 0 Å². The fraction of sp³-hybridized carbons (Fsp3) is 0.438. The van der Waals surface area contributed by atoms with Crippen LogP contribution < -0.4 is 5.73 Å². The van der Waals surface area contributed by atoms with Gasteiger partial charge in [-0.05, 0) is 37.8 Å². The summed E-state index contributed by atoms with van der Waals surface area (Å²) in [5.74, 6) is 1.33. The highest BCUT2D eigenvalue weighted by Crippen LogP contribution is 2.29. The van der Waals surface area contributed by atoms with Crippen molar-refractivity contribution in [2.24, 2.45) is 5.73 Å². The average Bonchev–Trinajstić information content (AvgIpc) is 2.71. The Morgan fingerprint density at radius 1 is 1.16 bits per heavy atom. The van der Waals surface area contributed by atoms with Crippen molar-refractivity contribution in [1.29, 1.82) is 0 Å². The predicted molar refractivity (Wildman–Crippen MR) is 80.2 cm³/mol. The van der Waals surface area contributed by atoms with Crippen LogP contribution in [0.15, 0.2) is 12.1 Å². The zero-order chi connectivity index (χ0) is 14.2. The molecular weight excluding hydrogens is 234 g/mol. The van der Waals surface area contributed by atoms with Gasteiger partial charge in [0, 0.05) is 12.1 Å². The first kappa shape index (κ1) is 13.8. The van der Waals surface area contributed by atoms with Crippen molar-refractivity contribution in [2.45, 2.75) is 47.1 Å². The number of nitrogens with one attached hydrogen (secondary N) is 1. The van der Waals surface area contributed by atoms with Gasteiger partial charge in [-0.15, -0.1) is 0 Å². The summed E-state index contributed by atoms with van der Waals surface area (Å²) in [5, 5.41) is 0. The van der Waals surface area contributed by atoms with Crippen molar-refractivity contribution < 1.29 is 0 Å². The molecule has 0 aliphatic heterocycles. The normalized spacial score (nSPS) is 11.3. The zero-order valence-electron chi connectivity index (χ0n) is 12.5. The van der Waals surface area contributed by atoms with Crippen LogP contribution in [0, 0.1) is 20.8 Å². The molecular formula is C16H23N3. The number of hydrogen-bond donors (Lipinski definition) is 2. The summed E-state index contributed by atoms with van der Waals surface area (Å²) in [5.41, 5.74) is 12.9. The van der Waals surface area contributed by atoms with Gasteiger partial charge in [0.15, 0.2) is 0 Å². The van der Waals surface area contributed by atoms with E-state index in [1.807, 2.05) is 0 Å². The number of aryl methyl sites for hydroxylation is 3. The molecule has 0 bridgehead atoms. The Morgan fingerprint density at radius 2 is 1.74 bits per heavy atom. The molecule has 102 valence electrons. The minimum Gasteiger partial charge on any atom is -0.341 e. The van der Waals surface area contributed by atoms with Crippen LogP contribution in [0.5, 0.6) is 0 Å². The predicted octanol–water partition coefficient (Wildman–Crippen LogP) is 3.58. The Balaban J connectivity index is 2.60. The molecule has 0 aliphatic carbocycles. The second-order valence-electron chi connectivity index (χ2n) is 5.58. The highest BCUT2D eigenvalue weighted by atomic mass is 15.0. The number of aromatic amines is 1. The first-order valence-corrected chi connectivity index (χ1v) is 6.81. The molecule has 1 aromatic heterocycles. The molecule has 2 rings (SSSR count). The number of H-pyrrole nitrogens is 1. The van der Waals surface area contributed by atoms with Crippen molar-refractivity contribution in [3.8, 4) is 11.4 Å². The lowest BCUT2D eigenvalue weighted by atomic mass is 9.99. The molecule has 0 radical (unpaired) electrons. The molecule has 0 atom stereocenters. The van der Waals surface area contributed by atoms with Gasteiger partial charge in [-0.25, -0.2) is 4.98 Å². The number of nitrogens with zero attached hydrogens (tertiary/aromatic N) is 1. The largest absolute Gasteiger partial charge is 0.341 e. The third-order valence-corrected chi connectivity index (χ3v) is 3.48. The fourth-order valence-electron chi connectivity index (χ4n) is 2.73. The Kier molecular flexibility index (Phi) is 3.76. The molecule has 0 saturated carbocycles. The summed E-state index contributed by atoms with van der Waals surface area (Å²) in [4.78, 5) is 8.16. The topological polar surface area (TPSA) is 54.7 Å².